The predicted octanol–water partition coefficient (Wildman–Crippen LogP) is 5.84. The molecular formula is C67H101ClF3N11O11. The molecule has 4 N–H and O–H groups in total. The molecule has 11 amide bonds. The summed E-state index contributed by atoms with van der Waals surface area (Å²) in [6.45, 7) is 10.2. The molecule has 1 aromatic rings. The minimum Gasteiger partial charge on any atom is -0.351 e. The molecule has 26 heteroatoms. The van der Waals surface area contributed by atoms with E-state index in [9.17, 15) is 56.3 Å². The van der Waals surface area contributed by atoms with Crippen LogP contribution in [0.5, 0.6) is 0 Å². The largest absolute Gasteiger partial charge is 0.417 e. The Morgan fingerprint density at radius 3 is 1.85 bits per heavy atom. The topological polar surface area (TPSA) is 259 Å². The van der Waals surface area contributed by atoms with E-state index >= 15 is 9.59 Å². The van der Waals surface area contributed by atoms with Crippen molar-refractivity contribution in [3.05, 3.63) is 34.3 Å². The molecule has 3 aliphatic heterocycles. The van der Waals surface area contributed by atoms with Crippen LogP contribution in [-0.4, -0.2) is 214 Å². The third kappa shape index (κ3) is 17.7. The molecule has 93 heavy (non-hydrogen) atoms. The van der Waals surface area contributed by atoms with Gasteiger partial charge in [-0.15, -0.1) is 0 Å². The second-order valence-corrected chi connectivity index (χ2v) is 28.6. The van der Waals surface area contributed by atoms with Gasteiger partial charge in [0.1, 0.15) is 53.9 Å². The molecule has 0 aromatic heterocycles. The standard InChI is InChI=1S/C67H101ClF3N11O11/c1-39(2)34-51-57(85)74-55(45-22-15-16-23-45)64(92)77(8)42(6)60(88)82-33-29-50(82)63(91)79(10)52(37-43-20-13-12-14-21-43)62(90)76(7)38-53(83)73-48(28-26-44-25-27-46(47(68)36-44)67(69,70)71)61(89)81-32-19-24-49(81)58(86)75-66(30-17-18-31-66)65(93)80(11)56(40(3)4)59(87)72-41(5)35-54(84)78(51)9/h25,27,36,39-43,45,48-52,55-56H,12-24,26,28-35,37-38H2,1-11H3,(H,72,87)(H,73,83)(H,74,85)(H,75,86)/t41-,42+,48+,49+,50+,51+,52+,55+,56+/m1/s1. The van der Waals surface area contributed by atoms with Gasteiger partial charge in [-0.25, -0.2) is 0 Å². The lowest BCUT2D eigenvalue weighted by Gasteiger charge is -2.45. The first kappa shape index (κ1) is 73.9. The van der Waals surface area contributed by atoms with Gasteiger partial charge in [0.05, 0.1) is 17.1 Å². The third-order valence-electron chi connectivity index (χ3n) is 20.6. The van der Waals surface area contributed by atoms with Crippen molar-refractivity contribution in [2.75, 3.05) is 54.9 Å². The highest BCUT2D eigenvalue weighted by molar-refractivity contribution is 6.31. The molecule has 3 saturated carbocycles. The number of hydrogen-bond acceptors (Lipinski definition) is 11. The van der Waals surface area contributed by atoms with E-state index in [0.29, 0.717) is 37.7 Å². The first-order valence-electron chi connectivity index (χ1n) is 33.8. The summed E-state index contributed by atoms with van der Waals surface area (Å²) in [4.78, 5) is 171. The van der Waals surface area contributed by atoms with Gasteiger partial charge in [0.25, 0.3) is 0 Å². The monoisotopic (exact) mass is 1330 g/mol. The number of alkyl halides is 3. The van der Waals surface area contributed by atoms with E-state index < -0.39 is 154 Å². The van der Waals surface area contributed by atoms with Crippen LogP contribution in [0.15, 0.2) is 18.2 Å². The molecule has 3 aliphatic carbocycles. The molecule has 3 saturated heterocycles. The Balaban J connectivity index is 1.23. The van der Waals surface area contributed by atoms with Gasteiger partial charge in [0.15, 0.2) is 0 Å². The number of carbonyl (C=O) groups excluding carboxylic acids is 11. The van der Waals surface area contributed by atoms with Crippen molar-refractivity contribution in [1.29, 1.82) is 0 Å². The van der Waals surface area contributed by atoms with Gasteiger partial charge in [0, 0.05) is 60.8 Å². The number of carbonyl (C=O) groups is 11. The van der Waals surface area contributed by atoms with Gasteiger partial charge in [-0.3, -0.25) is 52.7 Å². The Labute approximate surface area is 551 Å². The molecule has 22 nitrogen and oxygen atoms in total. The number of nitrogens with one attached hydrogen (secondary N) is 4. The van der Waals surface area contributed by atoms with Crippen molar-refractivity contribution < 1.29 is 65.9 Å². The van der Waals surface area contributed by atoms with Gasteiger partial charge < -0.3 is 55.6 Å². The number of rotatable bonds is 9. The van der Waals surface area contributed by atoms with Crippen LogP contribution in [-0.2, 0) is 65.3 Å². The number of aryl methyl sites for hydroxylation is 1. The first-order valence-corrected chi connectivity index (χ1v) is 34.1. The maximum Gasteiger partial charge on any atom is 0.417 e. The second kappa shape index (κ2) is 31.8. The number of nitrogens with zero attached hydrogens (tertiary/aromatic N) is 7. The fourth-order valence-corrected chi connectivity index (χ4v) is 15.2. The second-order valence-electron chi connectivity index (χ2n) is 28.2. The van der Waals surface area contributed by atoms with Crippen LogP contribution in [0.4, 0.5) is 13.2 Å². The molecule has 518 valence electrons. The number of fused-ring (bicyclic) bond motifs is 2. The summed E-state index contributed by atoms with van der Waals surface area (Å²) < 4.78 is 41.4. The highest BCUT2D eigenvalue weighted by Gasteiger charge is 2.51. The zero-order valence-corrected chi connectivity index (χ0v) is 57.1. The van der Waals surface area contributed by atoms with Crippen LogP contribution >= 0.6 is 11.6 Å². The van der Waals surface area contributed by atoms with Crippen LogP contribution in [0.1, 0.15) is 181 Å². The molecule has 7 rings (SSSR count). The summed E-state index contributed by atoms with van der Waals surface area (Å²) in [5.41, 5.74) is -2.24. The lowest BCUT2D eigenvalue weighted by atomic mass is 9.84. The van der Waals surface area contributed by atoms with Crippen LogP contribution in [0, 0.1) is 23.7 Å². The predicted molar refractivity (Wildman–Crippen MR) is 342 cm³/mol. The quantitative estimate of drug-likeness (QED) is 0.228. The smallest absolute Gasteiger partial charge is 0.351 e. The zero-order chi connectivity index (χ0) is 68.6. The van der Waals surface area contributed by atoms with Crippen molar-refractivity contribution >= 4 is 76.6 Å². The summed E-state index contributed by atoms with van der Waals surface area (Å²) >= 11 is 6.13. The summed E-state index contributed by atoms with van der Waals surface area (Å²) in [6, 6.07) is -6.54. The molecule has 3 heterocycles. The molecule has 1 aromatic carbocycles. The Morgan fingerprint density at radius 2 is 1.26 bits per heavy atom. The van der Waals surface area contributed by atoms with Crippen molar-refractivity contribution in [2.45, 2.75) is 242 Å². The van der Waals surface area contributed by atoms with Crippen LogP contribution in [0.25, 0.3) is 0 Å². The lowest BCUT2D eigenvalue weighted by Crippen LogP contribution is -2.65. The van der Waals surface area contributed by atoms with E-state index in [1.54, 1.807) is 27.7 Å². The average Bonchev–Trinajstić information content (AvgIpc) is 1.77. The minimum atomic E-state index is -4.74. The van der Waals surface area contributed by atoms with Gasteiger partial charge >= 0.3 is 6.18 Å². The van der Waals surface area contributed by atoms with Crippen LogP contribution in [0.3, 0.4) is 0 Å². The van der Waals surface area contributed by atoms with E-state index in [-0.39, 0.29) is 88.6 Å². The number of benzene rings is 1. The molecule has 1 spiro atoms. The van der Waals surface area contributed by atoms with Crippen molar-refractivity contribution in [3.63, 3.8) is 0 Å². The summed E-state index contributed by atoms with van der Waals surface area (Å²) in [5.74, 6) is -7.20. The van der Waals surface area contributed by atoms with E-state index in [1.165, 1.54) is 70.7 Å². The average molecular weight is 1330 g/mol. The van der Waals surface area contributed by atoms with Gasteiger partial charge in [-0.05, 0) is 126 Å². The fourth-order valence-electron chi connectivity index (χ4n) is 14.9. The Bertz CT molecular complexity index is 2920. The van der Waals surface area contributed by atoms with Crippen molar-refractivity contribution in [2.24, 2.45) is 23.7 Å². The number of halogens is 4. The highest BCUT2D eigenvalue weighted by atomic mass is 35.5. The normalized spacial score (nSPS) is 28.6. The van der Waals surface area contributed by atoms with Crippen LogP contribution < -0.4 is 21.3 Å². The van der Waals surface area contributed by atoms with E-state index in [1.807, 2.05) is 13.8 Å². The Kier molecular flexibility index (Phi) is 25.3. The van der Waals surface area contributed by atoms with Gasteiger partial charge in [0.2, 0.25) is 65.0 Å². The van der Waals surface area contributed by atoms with E-state index in [2.05, 4.69) is 21.3 Å². The number of likely N-dealkylation sites (N-methyl/N-ethyl adjacent to an activating group) is 5. The summed E-state index contributed by atoms with van der Waals surface area (Å²) in [5, 5.41) is 11.2. The van der Waals surface area contributed by atoms with E-state index in [0.717, 1.165) is 62.0 Å². The zero-order valence-electron chi connectivity index (χ0n) is 56.3. The third-order valence-corrected chi connectivity index (χ3v) is 20.9. The highest BCUT2D eigenvalue weighted by Crippen LogP contribution is 2.38. The molecule has 0 unspecified atom stereocenters. The molecule has 0 radical (unpaired) electrons. The first-order chi connectivity index (χ1) is 43.8. The van der Waals surface area contributed by atoms with Gasteiger partial charge in [-0.2, -0.15) is 13.2 Å². The van der Waals surface area contributed by atoms with Crippen molar-refractivity contribution in [3.8, 4) is 0 Å². The lowest BCUT2D eigenvalue weighted by molar-refractivity contribution is -0.160. The molecule has 6 aliphatic rings. The molecule has 9 atom stereocenters. The maximum absolute atomic E-state index is 15.1. The molecule has 0 bridgehead atoms. The minimum absolute atomic E-state index is 0.0423. The fraction of sp³-hybridized carbons (Fsp3) is 0.746. The number of hydrogen-bond donors (Lipinski definition) is 4. The van der Waals surface area contributed by atoms with Crippen molar-refractivity contribution in [1.82, 2.24) is 55.6 Å². The number of amides is 11. The maximum atomic E-state index is 15.1. The van der Waals surface area contributed by atoms with Gasteiger partial charge in [-0.1, -0.05) is 103 Å². The molecule has 6 fully saturated rings. The van der Waals surface area contributed by atoms with E-state index in [4.69, 9.17) is 11.6 Å². The SMILES string of the molecule is CC(C)C[C@H]1C(=O)N[C@@H](C2CCCC2)C(=O)N(C)[C@@H](C)C(=O)N2CC[C@H]2C(=O)N(C)[C@@H](CC2CCCCC2)C(=O)N(C)CC(=O)N[C@@H](CCc2ccc(C(F)(F)F)c(Cl)c2)C(=O)N2CCC[C@H]2C(=O)NC2(CCCC2)C(=O)N(C)[C@@H](C(C)C)C(=O)N[C@H](C)CC(=O)N1C. The summed E-state index contributed by atoms with van der Waals surface area (Å²) in [6.07, 6.45) is 4.89. The molecular weight excluding hydrogens is 1230 g/mol. The Hall–Kier alpha value is -6.53. The Morgan fingerprint density at radius 1 is 0.624 bits per heavy atom. The summed E-state index contributed by atoms with van der Waals surface area (Å²) in [7, 11) is 7.37. The van der Waals surface area contributed by atoms with Crippen LogP contribution in [0.2, 0.25) is 5.02 Å².